The van der Waals surface area contributed by atoms with Crippen molar-refractivity contribution in [2.45, 2.75) is 64.8 Å². The number of nitrogens with zero attached hydrogens (tertiary/aromatic N) is 1. The van der Waals surface area contributed by atoms with E-state index in [1.165, 1.54) is 32.1 Å². The van der Waals surface area contributed by atoms with Crippen LogP contribution in [0.5, 0.6) is 0 Å². The molecule has 2 aliphatic rings. The van der Waals surface area contributed by atoms with Gasteiger partial charge < -0.3 is 20.1 Å². The number of hydrogen-bond donors (Lipinski definition) is 2. The van der Waals surface area contributed by atoms with Crippen LogP contribution in [0.4, 0.5) is 0 Å². The van der Waals surface area contributed by atoms with Gasteiger partial charge in [-0.2, -0.15) is 0 Å². The molecular weight excluding hydrogens is 441 g/mol. The van der Waals surface area contributed by atoms with E-state index in [0.29, 0.717) is 17.9 Å². The quantitative estimate of drug-likeness (QED) is 0.228. The van der Waals surface area contributed by atoms with Crippen molar-refractivity contribution < 1.29 is 9.47 Å². The first kappa shape index (κ1) is 24.0. The minimum atomic E-state index is 0. The Morgan fingerprint density at radius 3 is 2.62 bits per heavy atom. The minimum absolute atomic E-state index is 0. The Morgan fingerprint density at radius 1 is 1.19 bits per heavy atom. The molecule has 6 heteroatoms. The second kappa shape index (κ2) is 14.0. The Balaban J connectivity index is 0.00000338. The van der Waals surface area contributed by atoms with E-state index in [9.17, 15) is 0 Å². The van der Waals surface area contributed by atoms with Gasteiger partial charge in [-0.25, -0.2) is 0 Å². The van der Waals surface area contributed by atoms with Gasteiger partial charge in [-0.3, -0.25) is 4.99 Å². The Bertz CT molecular complexity index is 383. The van der Waals surface area contributed by atoms with Crippen molar-refractivity contribution in [3.8, 4) is 0 Å². The second-order valence-corrected chi connectivity index (χ2v) is 7.85. The highest BCUT2D eigenvalue weighted by Gasteiger charge is 2.24. The number of aliphatic imine (C=N–C) groups is 1. The summed E-state index contributed by atoms with van der Waals surface area (Å²) in [4.78, 5) is 4.37. The van der Waals surface area contributed by atoms with Crippen LogP contribution in [0.3, 0.4) is 0 Å². The summed E-state index contributed by atoms with van der Waals surface area (Å²) < 4.78 is 11.1. The monoisotopic (exact) mass is 481 g/mol. The smallest absolute Gasteiger partial charge is 0.191 e. The van der Waals surface area contributed by atoms with Gasteiger partial charge in [0.05, 0.1) is 13.2 Å². The summed E-state index contributed by atoms with van der Waals surface area (Å²) in [6, 6.07) is 0.452. The molecule has 0 radical (unpaired) electrons. The maximum absolute atomic E-state index is 5.75. The van der Waals surface area contributed by atoms with Gasteiger partial charge in [-0.15, -0.1) is 24.0 Å². The summed E-state index contributed by atoms with van der Waals surface area (Å²) in [5.74, 6) is 3.07. The second-order valence-electron chi connectivity index (χ2n) is 7.85. The fourth-order valence-electron chi connectivity index (χ4n) is 3.96. The fraction of sp³-hybridized carbons (Fsp3) is 0.950. The first-order valence-corrected chi connectivity index (χ1v) is 10.3. The molecule has 0 aromatic rings. The average molecular weight is 481 g/mol. The minimum Gasteiger partial charge on any atom is -0.381 e. The van der Waals surface area contributed by atoms with Crippen molar-refractivity contribution in [3.05, 3.63) is 0 Å². The van der Waals surface area contributed by atoms with Crippen LogP contribution >= 0.6 is 24.0 Å². The zero-order chi connectivity index (χ0) is 17.9. The molecule has 0 spiro atoms. The van der Waals surface area contributed by atoms with Crippen molar-refractivity contribution in [2.75, 3.05) is 40.0 Å². The molecule has 3 unspecified atom stereocenters. The summed E-state index contributed by atoms with van der Waals surface area (Å²) in [6.07, 6.45) is 9.16. The fourth-order valence-corrected chi connectivity index (χ4v) is 3.96. The molecule has 1 aliphatic carbocycles. The van der Waals surface area contributed by atoms with Crippen LogP contribution in [0.15, 0.2) is 4.99 Å². The maximum atomic E-state index is 5.75. The summed E-state index contributed by atoms with van der Waals surface area (Å²) in [6.45, 7) is 8.98. The third-order valence-electron chi connectivity index (χ3n) is 5.91. The molecular formula is C20H40IN3O2. The van der Waals surface area contributed by atoms with E-state index >= 15 is 0 Å². The first-order chi connectivity index (χ1) is 12.2. The standard InChI is InChI=1S/C20H39N3O2.HI/c1-16(19-8-5-4-6-9-19)17(2)23-20(21-3)22-11-7-12-24-14-18-10-13-25-15-18;/h16-19H,4-15H2,1-3H3,(H2,21,22,23);1H. The third kappa shape index (κ3) is 8.74. The first-order valence-electron chi connectivity index (χ1n) is 10.3. The lowest BCUT2D eigenvalue weighted by Gasteiger charge is -2.32. The van der Waals surface area contributed by atoms with E-state index in [4.69, 9.17) is 9.47 Å². The van der Waals surface area contributed by atoms with Crippen LogP contribution in [0.2, 0.25) is 0 Å². The molecule has 0 bridgehead atoms. The average Bonchev–Trinajstić information content (AvgIpc) is 3.16. The zero-order valence-electron chi connectivity index (χ0n) is 17.0. The molecule has 2 fully saturated rings. The Hall–Kier alpha value is -0.0800. The lowest BCUT2D eigenvalue weighted by Crippen LogP contribution is -2.46. The highest BCUT2D eigenvalue weighted by atomic mass is 127. The Morgan fingerprint density at radius 2 is 1.96 bits per heavy atom. The highest BCUT2D eigenvalue weighted by Crippen LogP contribution is 2.31. The van der Waals surface area contributed by atoms with Crippen molar-refractivity contribution >= 4 is 29.9 Å². The van der Waals surface area contributed by atoms with Crippen LogP contribution in [-0.4, -0.2) is 52.0 Å². The largest absolute Gasteiger partial charge is 0.381 e. The predicted molar refractivity (Wildman–Crippen MR) is 119 cm³/mol. The topological polar surface area (TPSA) is 54.9 Å². The van der Waals surface area contributed by atoms with E-state index in [1.54, 1.807) is 0 Å². The lowest BCUT2D eigenvalue weighted by atomic mass is 9.78. The summed E-state index contributed by atoms with van der Waals surface area (Å²) >= 11 is 0. The zero-order valence-corrected chi connectivity index (χ0v) is 19.3. The van der Waals surface area contributed by atoms with Gasteiger partial charge in [-0.05, 0) is 31.6 Å². The van der Waals surface area contributed by atoms with Crippen molar-refractivity contribution in [2.24, 2.45) is 22.7 Å². The lowest BCUT2D eigenvalue weighted by molar-refractivity contribution is 0.0888. The number of nitrogens with one attached hydrogen (secondary N) is 2. The SMILES string of the molecule is CN=C(NCCCOCC1CCOC1)NC(C)C(C)C1CCCCC1.I. The van der Waals surface area contributed by atoms with Crippen LogP contribution in [0, 0.1) is 17.8 Å². The van der Waals surface area contributed by atoms with E-state index < -0.39 is 0 Å². The highest BCUT2D eigenvalue weighted by molar-refractivity contribution is 14.0. The molecule has 5 nitrogen and oxygen atoms in total. The molecule has 3 atom stereocenters. The summed E-state index contributed by atoms with van der Waals surface area (Å²) in [7, 11) is 1.85. The molecule has 0 aromatic carbocycles. The molecule has 26 heavy (non-hydrogen) atoms. The Labute approximate surface area is 177 Å². The van der Waals surface area contributed by atoms with E-state index in [-0.39, 0.29) is 24.0 Å². The van der Waals surface area contributed by atoms with Crippen LogP contribution in [0.1, 0.15) is 58.8 Å². The van der Waals surface area contributed by atoms with Gasteiger partial charge in [0.15, 0.2) is 5.96 Å². The van der Waals surface area contributed by atoms with Gasteiger partial charge in [-0.1, -0.05) is 39.0 Å². The van der Waals surface area contributed by atoms with Crippen molar-refractivity contribution in [1.82, 2.24) is 10.6 Å². The molecule has 1 aliphatic heterocycles. The summed E-state index contributed by atoms with van der Waals surface area (Å²) in [5.41, 5.74) is 0. The number of guanidine groups is 1. The van der Waals surface area contributed by atoms with E-state index in [1.807, 2.05) is 7.05 Å². The number of ether oxygens (including phenoxy) is 2. The molecule has 1 saturated carbocycles. The van der Waals surface area contributed by atoms with Crippen LogP contribution in [-0.2, 0) is 9.47 Å². The van der Waals surface area contributed by atoms with Gasteiger partial charge in [0.2, 0.25) is 0 Å². The summed E-state index contributed by atoms with van der Waals surface area (Å²) in [5, 5.41) is 7.00. The molecule has 0 amide bonds. The molecule has 154 valence electrons. The molecule has 0 aromatic heterocycles. The van der Waals surface area contributed by atoms with Crippen LogP contribution in [0.25, 0.3) is 0 Å². The molecule has 1 saturated heterocycles. The van der Waals surface area contributed by atoms with Gasteiger partial charge in [0.25, 0.3) is 0 Å². The van der Waals surface area contributed by atoms with Gasteiger partial charge in [0, 0.05) is 38.8 Å². The van der Waals surface area contributed by atoms with Crippen molar-refractivity contribution in [1.29, 1.82) is 0 Å². The number of rotatable bonds is 9. The predicted octanol–water partition coefficient (Wildman–Crippen LogP) is 3.82. The van der Waals surface area contributed by atoms with Crippen LogP contribution < -0.4 is 10.6 Å². The van der Waals surface area contributed by atoms with E-state index in [2.05, 4.69) is 29.5 Å². The molecule has 2 rings (SSSR count). The third-order valence-corrected chi connectivity index (χ3v) is 5.91. The normalized spacial score (nSPS) is 24.0. The van der Waals surface area contributed by atoms with Gasteiger partial charge >= 0.3 is 0 Å². The Kier molecular flexibility index (Phi) is 12.9. The van der Waals surface area contributed by atoms with E-state index in [0.717, 1.165) is 57.7 Å². The number of halogens is 1. The number of hydrogen-bond acceptors (Lipinski definition) is 3. The van der Waals surface area contributed by atoms with Gasteiger partial charge in [0.1, 0.15) is 0 Å². The molecule has 1 heterocycles. The van der Waals surface area contributed by atoms with Crippen molar-refractivity contribution in [3.63, 3.8) is 0 Å². The molecule has 2 N–H and O–H groups in total. The maximum Gasteiger partial charge on any atom is 0.191 e.